The fourth-order valence-corrected chi connectivity index (χ4v) is 3.01. The first-order valence-electron chi connectivity index (χ1n) is 8.90. The summed E-state index contributed by atoms with van der Waals surface area (Å²) >= 11 is 0. The summed E-state index contributed by atoms with van der Waals surface area (Å²) in [4.78, 5) is 35.5. The van der Waals surface area contributed by atoms with E-state index in [1.165, 1.54) is 31.4 Å². The van der Waals surface area contributed by atoms with Crippen LogP contribution in [0.2, 0.25) is 0 Å². The molecule has 0 aliphatic heterocycles. The largest absolute Gasteiger partial charge is 0.465 e. The third kappa shape index (κ3) is 4.44. The second-order valence-corrected chi connectivity index (χ2v) is 6.46. The smallest absolute Gasteiger partial charge is 0.337 e. The normalized spacial score (nSPS) is 11.7. The number of para-hydroxylation sites is 1. The van der Waals surface area contributed by atoms with E-state index in [1.807, 2.05) is 35.9 Å². The van der Waals surface area contributed by atoms with Gasteiger partial charge in [0.25, 0.3) is 0 Å². The molecule has 0 aliphatic carbocycles. The topological polar surface area (TPSA) is 110 Å². The summed E-state index contributed by atoms with van der Waals surface area (Å²) in [5, 5.41) is 16.2. The van der Waals surface area contributed by atoms with Gasteiger partial charge in [-0.3, -0.25) is 9.59 Å². The minimum Gasteiger partial charge on any atom is -0.465 e. The Bertz CT molecular complexity index is 1060. The van der Waals surface area contributed by atoms with Gasteiger partial charge in [0.1, 0.15) is 0 Å². The van der Waals surface area contributed by atoms with Crippen molar-refractivity contribution in [3.05, 3.63) is 65.9 Å². The van der Waals surface area contributed by atoms with E-state index in [0.29, 0.717) is 16.8 Å². The first kappa shape index (κ1) is 20.1. The van der Waals surface area contributed by atoms with E-state index in [-0.39, 0.29) is 6.54 Å². The Labute approximate surface area is 167 Å². The number of aliphatic hydroxyl groups excluding tert-OH is 1. The summed E-state index contributed by atoms with van der Waals surface area (Å²) in [6, 6.07) is 13.5. The van der Waals surface area contributed by atoms with Crippen LogP contribution in [0.4, 0.5) is 5.69 Å². The summed E-state index contributed by atoms with van der Waals surface area (Å²) in [6.45, 7) is -0.110. The van der Waals surface area contributed by atoms with E-state index in [2.05, 4.69) is 15.4 Å². The first-order chi connectivity index (χ1) is 13.9. The monoisotopic (exact) mass is 395 g/mol. The number of aryl methyl sites for hydroxylation is 1. The number of benzene rings is 2. The van der Waals surface area contributed by atoms with Crippen LogP contribution in [0.5, 0.6) is 0 Å². The number of esters is 1. The van der Waals surface area contributed by atoms with E-state index < -0.39 is 23.9 Å². The number of ether oxygens (including phenoxy) is 1. The van der Waals surface area contributed by atoms with E-state index in [1.54, 1.807) is 6.20 Å². The summed E-state index contributed by atoms with van der Waals surface area (Å²) in [6.07, 6.45) is 0.835. The fourth-order valence-electron chi connectivity index (χ4n) is 3.01. The van der Waals surface area contributed by atoms with Crippen molar-refractivity contribution in [2.45, 2.75) is 6.10 Å². The molecule has 150 valence electrons. The summed E-state index contributed by atoms with van der Waals surface area (Å²) in [7, 11) is 3.14. The second-order valence-electron chi connectivity index (χ2n) is 6.46. The van der Waals surface area contributed by atoms with Crippen LogP contribution in [-0.4, -0.2) is 41.1 Å². The number of aromatic nitrogens is 1. The average molecular weight is 395 g/mol. The summed E-state index contributed by atoms with van der Waals surface area (Å²) in [5.74, 6) is -2.25. The SMILES string of the molecule is COC(=O)c1ccc(NC(=O)C(=O)NCC(O)c2cn(C)c3ccccc23)cc1. The molecule has 0 saturated heterocycles. The van der Waals surface area contributed by atoms with Crippen molar-refractivity contribution in [2.24, 2.45) is 7.05 Å². The van der Waals surface area contributed by atoms with Crippen molar-refractivity contribution in [2.75, 3.05) is 19.0 Å². The molecule has 1 atom stereocenters. The molecule has 0 radical (unpaired) electrons. The molecule has 1 heterocycles. The van der Waals surface area contributed by atoms with Gasteiger partial charge < -0.3 is 25.0 Å². The van der Waals surface area contributed by atoms with Gasteiger partial charge in [0.05, 0.1) is 18.8 Å². The van der Waals surface area contributed by atoms with Gasteiger partial charge in [-0.1, -0.05) is 18.2 Å². The third-order valence-electron chi connectivity index (χ3n) is 4.51. The molecule has 0 aliphatic rings. The van der Waals surface area contributed by atoms with E-state index in [0.717, 1.165) is 10.9 Å². The molecule has 2 amide bonds. The number of amides is 2. The number of fused-ring (bicyclic) bond motifs is 1. The van der Waals surface area contributed by atoms with Crippen molar-refractivity contribution in [3.8, 4) is 0 Å². The molecule has 3 aromatic rings. The van der Waals surface area contributed by atoms with Gasteiger partial charge in [-0.2, -0.15) is 0 Å². The molecule has 0 fully saturated rings. The Morgan fingerprint density at radius 2 is 1.76 bits per heavy atom. The molecule has 0 saturated carbocycles. The highest BCUT2D eigenvalue weighted by molar-refractivity contribution is 6.39. The molecule has 8 nitrogen and oxygen atoms in total. The number of carbonyl (C=O) groups excluding carboxylic acids is 3. The first-order valence-corrected chi connectivity index (χ1v) is 8.90. The van der Waals surface area contributed by atoms with E-state index in [4.69, 9.17) is 0 Å². The Hall–Kier alpha value is -3.65. The number of methoxy groups -OCH3 is 1. The molecule has 1 unspecified atom stereocenters. The van der Waals surface area contributed by atoms with Gasteiger partial charge in [-0.05, 0) is 30.3 Å². The number of aliphatic hydroxyl groups is 1. The Morgan fingerprint density at radius 1 is 1.07 bits per heavy atom. The zero-order valence-corrected chi connectivity index (χ0v) is 16.0. The minimum atomic E-state index is -0.961. The van der Waals surface area contributed by atoms with Crippen molar-refractivity contribution >= 4 is 34.4 Å². The van der Waals surface area contributed by atoms with Crippen LogP contribution >= 0.6 is 0 Å². The summed E-state index contributed by atoms with van der Waals surface area (Å²) < 4.78 is 6.49. The lowest BCUT2D eigenvalue weighted by atomic mass is 10.1. The van der Waals surface area contributed by atoms with Crippen molar-refractivity contribution in [1.82, 2.24) is 9.88 Å². The van der Waals surface area contributed by atoms with Gasteiger partial charge in [0.15, 0.2) is 0 Å². The molecule has 3 N–H and O–H groups in total. The van der Waals surface area contributed by atoms with Gasteiger partial charge >= 0.3 is 17.8 Å². The van der Waals surface area contributed by atoms with Gasteiger partial charge in [0, 0.05) is 41.9 Å². The predicted molar refractivity (Wildman–Crippen MR) is 107 cm³/mol. The molecule has 1 aromatic heterocycles. The highest BCUT2D eigenvalue weighted by Crippen LogP contribution is 2.25. The number of anilines is 1. The molecule has 3 rings (SSSR count). The lowest BCUT2D eigenvalue weighted by molar-refractivity contribution is -0.136. The number of hydrogen-bond acceptors (Lipinski definition) is 5. The molecular weight excluding hydrogens is 374 g/mol. The number of carbonyl (C=O) groups is 3. The quantitative estimate of drug-likeness (QED) is 0.450. The molecule has 2 aromatic carbocycles. The Morgan fingerprint density at radius 3 is 2.45 bits per heavy atom. The standard InChI is InChI=1S/C21H21N3O5/c1-24-12-16(15-5-3-4-6-17(15)24)18(25)11-22-19(26)20(27)23-14-9-7-13(8-10-14)21(28)29-2/h3-10,12,18,25H,11H2,1-2H3,(H,22,26)(H,23,27). The maximum absolute atomic E-state index is 12.1. The van der Waals surface area contributed by atoms with Gasteiger partial charge in [-0.15, -0.1) is 0 Å². The Kier molecular flexibility index (Phi) is 5.94. The highest BCUT2D eigenvalue weighted by Gasteiger charge is 2.19. The maximum Gasteiger partial charge on any atom is 0.337 e. The van der Waals surface area contributed by atoms with Crippen molar-refractivity contribution in [3.63, 3.8) is 0 Å². The minimum absolute atomic E-state index is 0.110. The molecular formula is C21H21N3O5. The molecule has 29 heavy (non-hydrogen) atoms. The predicted octanol–water partition coefficient (Wildman–Crippen LogP) is 1.75. The zero-order chi connectivity index (χ0) is 21.0. The van der Waals surface area contributed by atoms with Crippen LogP contribution < -0.4 is 10.6 Å². The Balaban J connectivity index is 1.58. The van der Waals surface area contributed by atoms with Gasteiger partial charge in [0.2, 0.25) is 0 Å². The van der Waals surface area contributed by atoms with E-state index >= 15 is 0 Å². The lowest BCUT2D eigenvalue weighted by Crippen LogP contribution is -2.37. The summed E-state index contributed by atoms with van der Waals surface area (Å²) in [5.41, 5.74) is 2.31. The number of hydrogen-bond donors (Lipinski definition) is 3. The number of nitrogens with zero attached hydrogens (tertiary/aromatic N) is 1. The van der Waals surface area contributed by atoms with E-state index in [9.17, 15) is 19.5 Å². The number of rotatable bonds is 5. The maximum atomic E-state index is 12.1. The van der Waals surface area contributed by atoms with Crippen LogP contribution in [0, 0.1) is 0 Å². The molecule has 8 heteroatoms. The highest BCUT2D eigenvalue weighted by atomic mass is 16.5. The van der Waals surface area contributed by atoms with Crippen LogP contribution in [0.1, 0.15) is 22.0 Å². The second kappa shape index (κ2) is 8.57. The van der Waals surface area contributed by atoms with Crippen LogP contribution in [-0.2, 0) is 21.4 Å². The number of nitrogens with one attached hydrogen (secondary N) is 2. The van der Waals surface area contributed by atoms with Crippen LogP contribution in [0.3, 0.4) is 0 Å². The van der Waals surface area contributed by atoms with Gasteiger partial charge in [-0.25, -0.2) is 4.79 Å². The zero-order valence-electron chi connectivity index (χ0n) is 16.0. The van der Waals surface area contributed by atoms with Crippen LogP contribution in [0.25, 0.3) is 10.9 Å². The fraction of sp³-hybridized carbons (Fsp3) is 0.190. The average Bonchev–Trinajstić information content (AvgIpc) is 3.08. The van der Waals surface area contributed by atoms with Crippen LogP contribution in [0.15, 0.2) is 54.7 Å². The third-order valence-corrected chi connectivity index (χ3v) is 4.51. The molecule has 0 spiro atoms. The molecule has 0 bridgehead atoms. The van der Waals surface area contributed by atoms with Crippen molar-refractivity contribution in [1.29, 1.82) is 0 Å². The lowest BCUT2D eigenvalue weighted by Gasteiger charge is -2.11. The van der Waals surface area contributed by atoms with Crippen molar-refractivity contribution < 1.29 is 24.2 Å².